The van der Waals surface area contributed by atoms with Gasteiger partial charge in [-0.2, -0.15) is 0 Å². The Kier molecular flexibility index (Phi) is 6.91. The molecule has 1 aliphatic carbocycles. The minimum atomic E-state index is -0.539. The van der Waals surface area contributed by atoms with Gasteiger partial charge < -0.3 is 24.4 Å². The van der Waals surface area contributed by atoms with Gasteiger partial charge in [0.25, 0.3) is 5.91 Å². The number of fused-ring (bicyclic) bond motifs is 1. The summed E-state index contributed by atoms with van der Waals surface area (Å²) < 4.78 is 17.1. The standard InChI is InChI=1S/C31H37N3O5/c1-19-7-9-22(38-18-21-11-14-34(21)29(36)39-30(3,4)5)15-25(19)28(35)33-31(12-13-31)26-16-23(37-6)17-27-24(26)10-8-20(2)32-27/h7-10,15-17,21H,11-14,18H2,1-6H3,(H,33,35)/t21-/m0/s1. The molecule has 0 spiro atoms. The van der Waals surface area contributed by atoms with Crippen molar-refractivity contribution in [1.82, 2.24) is 15.2 Å². The third-order valence-corrected chi connectivity index (χ3v) is 7.44. The maximum absolute atomic E-state index is 13.6. The van der Waals surface area contributed by atoms with Gasteiger partial charge in [-0.25, -0.2) is 4.79 Å². The van der Waals surface area contributed by atoms with Crippen molar-refractivity contribution in [2.45, 2.75) is 71.1 Å². The Morgan fingerprint density at radius 3 is 2.49 bits per heavy atom. The Labute approximate surface area is 229 Å². The number of pyridine rings is 1. The maximum atomic E-state index is 13.6. The Morgan fingerprint density at radius 2 is 1.85 bits per heavy atom. The lowest BCUT2D eigenvalue weighted by atomic mass is 9.97. The zero-order chi connectivity index (χ0) is 27.9. The molecular formula is C31H37N3O5. The highest BCUT2D eigenvalue weighted by atomic mass is 16.6. The molecule has 1 saturated carbocycles. The highest BCUT2D eigenvalue weighted by Gasteiger charge is 2.47. The summed E-state index contributed by atoms with van der Waals surface area (Å²) in [6.45, 7) is 10.4. The molecule has 1 atom stereocenters. The van der Waals surface area contributed by atoms with Crippen LogP contribution in [0.25, 0.3) is 10.9 Å². The average Bonchev–Trinajstić information content (AvgIpc) is 3.62. The van der Waals surface area contributed by atoms with E-state index in [4.69, 9.17) is 14.2 Å². The summed E-state index contributed by atoms with van der Waals surface area (Å²) in [7, 11) is 1.64. The molecule has 206 valence electrons. The van der Waals surface area contributed by atoms with Crippen molar-refractivity contribution in [3.05, 3.63) is 64.8 Å². The second kappa shape index (κ2) is 10.1. The fourth-order valence-corrected chi connectivity index (χ4v) is 5.00. The molecule has 5 rings (SSSR count). The highest BCUT2D eigenvalue weighted by Crippen LogP contribution is 2.49. The monoisotopic (exact) mass is 531 g/mol. The molecular weight excluding hydrogens is 494 g/mol. The van der Waals surface area contributed by atoms with Gasteiger partial charge in [-0.05, 0) is 89.3 Å². The summed E-state index contributed by atoms with van der Waals surface area (Å²) in [4.78, 5) is 32.4. The molecule has 2 heterocycles. The van der Waals surface area contributed by atoms with Gasteiger partial charge in [0.05, 0.1) is 24.2 Å². The van der Waals surface area contributed by atoms with Crippen LogP contribution in [0, 0.1) is 13.8 Å². The van der Waals surface area contributed by atoms with E-state index in [1.165, 1.54) is 0 Å². The van der Waals surface area contributed by atoms with Crippen molar-refractivity contribution >= 4 is 22.9 Å². The number of methoxy groups -OCH3 is 1. The second-order valence-electron chi connectivity index (χ2n) is 11.6. The van der Waals surface area contributed by atoms with E-state index in [-0.39, 0.29) is 18.0 Å². The molecule has 1 saturated heterocycles. The molecule has 1 N–H and O–H groups in total. The average molecular weight is 532 g/mol. The molecule has 1 aromatic heterocycles. The van der Waals surface area contributed by atoms with Gasteiger partial charge >= 0.3 is 6.09 Å². The fourth-order valence-electron chi connectivity index (χ4n) is 5.00. The van der Waals surface area contributed by atoms with Crippen LogP contribution >= 0.6 is 0 Å². The summed E-state index contributed by atoms with van der Waals surface area (Å²) in [6.07, 6.45) is 2.21. The normalized spacial score (nSPS) is 17.8. The lowest BCUT2D eigenvalue weighted by Gasteiger charge is -2.41. The van der Waals surface area contributed by atoms with Crippen LogP contribution in [-0.2, 0) is 10.3 Å². The molecule has 2 aromatic carbocycles. The van der Waals surface area contributed by atoms with E-state index >= 15 is 0 Å². The van der Waals surface area contributed by atoms with Gasteiger partial charge in [0.15, 0.2) is 0 Å². The van der Waals surface area contributed by atoms with Crippen molar-refractivity contribution in [2.75, 3.05) is 20.3 Å². The van der Waals surface area contributed by atoms with Crippen molar-refractivity contribution in [2.24, 2.45) is 0 Å². The van der Waals surface area contributed by atoms with Crippen LogP contribution in [-0.4, -0.2) is 53.8 Å². The van der Waals surface area contributed by atoms with Crippen molar-refractivity contribution in [3.63, 3.8) is 0 Å². The Hall–Kier alpha value is -3.81. The number of likely N-dealkylation sites (tertiary alicyclic amines) is 1. The first-order valence-corrected chi connectivity index (χ1v) is 13.5. The number of hydrogen-bond acceptors (Lipinski definition) is 6. The molecule has 2 amide bonds. The highest BCUT2D eigenvalue weighted by molar-refractivity contribution is 5.97. The number of aromatic nitrogens is 1. The molecule has 8 nitrogen and oxygen atoms in total. The molecule has 2 fully saturated rings. The van der Waals surface area contributed by atoms with E-state index in [1.807, 2.05) is 65.0 Å². The number of nitrogens with zero attached hydrogens (tertiary/aromatic N) is 2. The lowest BCUT2D eigenvalue weighted by Crippen LogP contribution is -2.55. The van der Waals surface area contributed by atoms with Gasteiger partial charge in [-0.1, -0.05) is 12.1 Å². The molecule has 8 heteroatoms. The van der Waals surface area contributed by atoms with Crippen LogP contribution in [0.3, 0.4) is 0 Å². The van der Waals surface area contributed by atoms with Crippen molar-refractivity contribution in [1.29, 1.82) is 0 Å². The molecule has 3 aromatic rings. The fraction of sp³-hybridized carbons (Fsp3) is 0.452. The minimum absolute atomic E-state index is 0.0493. The predicted octanol–water partition coefficient (Wildman–Crippen LogP) is 5.67. The topological polar surface area (TPSA) is 90.0 Å². The third-order valence-electron chi connectivity index (χ3n) is 7.44. The number of rotatable bonds is 7. The second-order valence-corrected chi connectivity index (χ2v) is 11.6. The van der Waals surface area contributed by atoms with Crippen molar-refractivity contribution in [3.8, 4) is 11.5 Å². The van der Waals surface area contributed by atoms with Crippen LogP contribution < -0.4 is 14.8 Å². The molecule has 39 heavy (non-hydrogen) atoms. The molecule has 0 unspecified atom stereocenters. The number of ether oxygens (including phenoxy) is 3. The summed E-state index contributed by atoms with van der Waals surface area (Å²) in [5, 5.41) is 4.33. The summed E-state index contributed by atoms with van der Waals surface area (Å²) in [5.74, 6) is 1.17. The zero-order valence-electron chi connectivity index (χ0n) is 23.6. The van der Waals surface area contributed by atoms with E-state index in [0.717, 1.165) is 52.7 Å². The quantitative estimate of drug-likeness (QED) is 0.423. The first kappa shape index (κ1) is 26.8. The number of aryl methyl sites for hydroxylation is 2. The van der Waals surface area contributed by atoms with E-state index in [0.29, 0.717) is 24.5 Å². The van der Waals surface area contributed by atoms with E-state index in [2.05, 4.69) is 16.4 Å². The maximum Gasteiger partial charge on any atom is 0.410 e. The lowest BCUT2D eigenvalue weighted by molar-refractivity contribution is -0.0141. The predicted molar refractivity (Wildman–Crippen MR) is 149 cm³/mol. The van der Waals surface area contributed by atoms with Crippen LogP contribution in [0.2, 0.25) is 0 Å². The zero-order valence-corrected chi connectivity index (χ0v) is 23.6. The van der Waals surface area contributed by atoms with Gasteiger partial charge in [0, 0.05) is 29.3 Å². The first-order chi connectivity index (χ1) is 18.5. The number of nitrogens with one attached hydrogen (secondary N) is 1. The largest absolute Gasteiger partial charge is 0.497 e. The minimum Gasteiger partial charge on any atom is -0.497 e. The molecule has 1 aliphatic heterocycles. The number of hydrogen-bond donors (Lipinski definition) is 1. The number of carbonyl (C=O) groups is 2. The molecule has 0 radical (unpaired) electrons. The van der Waals surface area contributed by atoms with Crippen LogP contribution in [0.15, 0.2) is 42.5 Å². The first-order valence-electron chi connectivity index (χ1n) is 13.5. The SMILES string of the molecule is COc1cc(C2(NC(=O)c3cc(OC[C@@H]4CCN4C(=O)OC(C)(C)C)ccc3C)CC2)c2ccc(C)nc2c1. The van der Waals surface area contributed by atoms with E-state index < -0.39 is 11.1 Å². The van der Waals surface area contributed by atoms with Crippen LogP contribution in [0.1, 0.15) is 67.2 Å². The van der Waals surface area contributed by atoms with Gasteiger partial charge in [-0.15, -0.1) is 0 Å². The van der Waals surface area contributed by atoms with Crippen molar-refractivity contribution < 1.29 is 23.8 Å². The molecule has 0 bridgehead atoms. The van der Waals surface area contributed by atoms with E-state index in [1.54, 1.807) is 18.1 Å². The smallest absolute Gasteiger partial charge is 0.410 e. The Bertz CT molecular complexity index is 1420. The Morgan fingerprint density at radius 1 is 1.08 bits per heavy atom. The van der Waals surface area contributed by atoms with Gasteiger partial charge in [0.2, 0.25) is 0 Å². The van der Waals surface area contributed by atoms with E-state index in [9.17, 15) is 9.59 Å². The summed E-state index contributed by atoms with van der Waals surface area (Å²) >= 11 is 0. The number of benzene rings is 2. The Balaban J connectivity index is 1.31. The number of carbonyl (C=O) groups excluding carboxylic acids is 2. The van der Waals surface area contributed by atoms with Crippen LogP contribution in [0.4, 0.5) is 4.79 Å². The molecule has 2 aliphatic rings. The summed E-state index contributed by atoms with van der Waals surface area (Å²) in [5.41, 5.74) is 3.23. The van der Waals surface area contributed by atoms with Gasteiger partial charge in [0.1, 0.15) is 23.7 Å². The van der Waals surface area contributed by atoms with Crippen LogP contribution in [0.5, 0.6) is 11.5 Å². The van der Waals surface area contributed by atoms with Gasteiger partial charge in [-0.3, -0.25) is 9.78 Å². The third kappa shape index (κ3) is 5.65. The number of amides is 2. The summed E-state index contributed by atoms with van der Waals surface area (Å²) in [6, 6.07) is 13.5.